The number of esters is 1. The lowest BCUT2D eigenvalue weighted by Crippen LogP contribution is -2.01. The summed E-state index contributed by atoms with van der Waals surface area (Å²) in [7, 11) is 0. The van der Waals surface area contributed by atoms with Crippen molar-refractivity contribution in [3.8, 4) is 0 Å². The van der Waals surface area contributed by atoms with Gasteiger partial charge in [-0.1, -0.05) is 20.3 Å². The second kappa shape index (κ2) is 7.65. The zero-order chi connectivity index (χ0) is 10.1. The number of hydrogen-bond acceptors (Lipinski definition) is 3. The van der Waals surface area contributed by atoms with E-state index in [0.29, 0.717) is 12.5 Å². The normalized spacial score (nSPS) is 12.8. The van der Waals surface area contributed by atoms with E-state index in [2.05, 4.69) is 18.6 Å². The molecule has 0 aromatic rings. The van der Waals surface area contributed by atoms with Crippen LogP contribution in [0.25, 0.3) is 0 Å². The highest BCUT2D eigenvalue weighted by atomic mass is 16.5. The van der Waals surface area contributed by atoms with Crippen LogP contribution >= 0.6 is 0 Å². The van der Waals surface area contributed by atoms with Gasteiger partial charge in [0.25, 0.3) is 0 Å². The molecule has 0 aromatic heterocycles. The van der Waals surface area contributed by atoms with Gasteiger partial charge in [-0.3, -0.25) is 4.79 Å². The first-order chi connectivity index (χ1) is 6.16. The largest absolute Gasteiger partial charge is 0.501 e. The Morgan fingerprint density at radius 2 is 2.23 bits per heavy atom. The highest BCUT2D eigenvalue weighted by molar-refractivity contribution is 5.65. The van der Waals surface area contributed by atoms with E-state index >= 15 is 0 Å². The molecule has 3 heteroatoms. The van der Waals surface area contributed by atoms with Gasteiger partial charge in [-0.2, -0.15) is 0 Å². The van der Waals surface area contributed by atoms with Gasteiger partial charge in [-0.15, -0.1) is 0 Å². The van der Waals surface area contributed by atoms with Crippen LogP contribution in [0.1, 0.15) is 27.2 Å². The van der Waals surface area contributed by atoms with Crippen molar-refractivity contribution in [1.29, 1.82) is 0 Å². The highest BCUT2D eigenvalue weighted by Crippen LogP contribution is 2.00. The number of carbonyl (C=O) groups is 1. The zero-order valence-corrected chi connectivity index (χ0v) is 8.58. The molecule has 0 radical (unpaired) electrons. The molecule has 0 spiro atoms. The first-order valence-electron chi connectivity index (χ1n) is 4.56. The second-order valence-electron chi connectivity index (χ2n) is 3.02. The summed E-state index contributed by atoms with van der Waals surface area (Å²) in [6.45, 7) is 6.63. The molecule has 0 amide bonds. The standard InChI is InChI=1S/C10H18O3/c1-4-9(2)8-12-6-5-7-13-10(3)11/h5-6,9H,4,7-8H2,1-3H3. The van der Waals surface area contributed by atoms with Gasteiger partial charge in [0.2, 0.25) is 0 Å². The Balaban J connectivity index is 3.26. The molecule has 1 unspecified atom stereocenters. The molecule has 0 aromatic carbocycles. The molecule has 0 saturated carbocycles. The van der Waals surface area contributed by atoms with Crippen molar-refractivity contribution >= 4 is 5.97 Å². The van der Waals surface area contributed by atoms with E-state index in [4.69, 9.17) is 4.74 Å². The Morgan fingerprint density at radius 3 is 2.77 bits per heavy atom. The first kappa shape index (κ1) is 12.0. The van der Waals surface area contributed by atoms with Gasteiger partial charge in [0.05, 0.1) is 12.9 Å². The third-order valence-corrected chi connectivity index (χ3v) is 1.65. The van der Waals surface area contributed by atoms with Gasteiger partial charge in [0, 0.05) is 6.92 Å². The Kier molecular flexibility index (Phi) is 7.07. The summed E-state index contributed by atoms with van der Waals surface area (Å²) < 4.78 is 9.87. The van der Waals surface area contributed by atoms with E-state index in [1.54, 1.807) is 12.3 Å². The molecule has 3 nitrogen and oxygen atoms in total. The first-order valence-corrected chi connectivity index (χ1v) is 4.56. The van der Waals surface area contributed by atoms with Crippen molar-refractivity contribution in [2.45, 2.75) is 27.2 Å². The van der Waals surface area contributed by atoms with E-state index in [1.807, 2.05) is 0 Å². The van der Waals surface area contributed by atoms with E-state index in [-0.39, 0.29) is 12.6 Å². The molecule has 1 atom stereocenters. The van der Waals surface area contributed by atoms with Crippen LogP contribution in [0.4, 0.5) is 0 Å². The average molecular weight is 186 g/mol. The molecule has 76 valence electrons. The molecule has 0 aliphatic carbocycles. The summed E-state index contributed by atoms with van der Waals surface area (Å²) in [4.78, 5) is 10.3. The quantitative estimate of drug-likeness (QED) is 0.471. The fourth-order valence-electron chi connectivity index (χ4n) is 0.610. The van der Waals surface area contributed by atoms with Gasteiger partial charge < -0.3 is 9.47 Å². The Morgan fingerprint density at radius 1 is 1.54 bits per heavy atom. The molecule has 0 N–H and O–H groups in total. The van der Waals surface area contributed by atoms with Crippen LogP contribution in [0.5, 0.6) is 0 Å². The number of rotatable bonds is 6. The summed E-state index contributed by atoms with van der Waals surface area (Å²) in [5.74, 6) is 0.296. The minimum Gasteiger partial charge on any atom is -0.501 e. The zero-order valence-electron chi connectivity index (χ0n) is 8.58. The fraction of sp³-hybridized carbons (Fsp3) is 0.700. The minimum absolute atomic E-state index is 0.272. The third kappa shape index (κ3) is 8.92. The fourth-order valence-corrected chi connectivity index (χ4v) is 0.610. The predicted molar refractivity (Wildman–Crippen MR) is 51.2 cm³/mol. The van der Waals surface area contributed by atoms with E-state index in [0.717, 1.165) is 6.42 Å². The maximum Gasteiger partial charge on any atom is 0.302 e. The van der Waals surface area contributed by atoms with Crippen molar-refractivity contribution in [2.75, 3.05) is 13.2 Å². The predicted octanol–water partition coefficient (Wildman–Crippen LogP) is 2.13. The molecule has 0 bridgehead atoms. The Hall–Kier alpha value is -0.990. The van der Waals surface area contributed by atoms with Crippen molar-refractivity contribution in [2.24, 2.45) is 5.92 Å². The molecule has 0 rings (SSSR count). The van der Waals surface area contributed by atoms with E-state index in [1.165, 1.54) is 6.92 Å². The van der Waals surface area contributed by atoms with Crippen LogP contribution in [0.2, 0.25) is 0 Å². The Labute approximate surface area is 79.7 Å². The lowest BCUT2D eigenvalue weighted by molar-refractivity contribution is -0.139. The van der Waals surface area contributed by atoms with Crippen LogP contribution in [0, 0.1) is 5.92 Å². The van der Waals surface area contributed by atoms with E-state index in [9.17, 15) is 4.79 Å². The number of ether oxygens (including phenoxy) is 2. The van der Waals surface area contributed by atoms with Gasteiger partial charge in [0.15, 0.2) is 0 Å². The highest BCUT2D eigenvalue weighted by Gasteiger charge is 1.95. The summed E-state index contributed by atoms with van der Waals surface area (Å²) in [6, 6.07) is 0. The molecular weight excluding hydrogens is 168 g/mol. The van der Waals surface area contributed by atoms with Gasteiger partial charge in [0.1, 0.15) is 6.61 Å². The van der Waals surface area contributed by atoms with Crippen molar-refractivity contribution < 1.29 is 14.3 Å². The summed E-state index contributed by atoms with van der Waals surface area (Å²) in [5, 5.41) is 0. The maximum absolute atomic E-state index is 10.3. The van der Waals surface area contributed by atoms with Gasteiger partial charge >= 0.3 is 5.97 Å². The Bertz CT molecular complexity index is 164. The smallest absolute Gasteiger partial charge is 0.302 e. The summed E-state index contributed by atoms with van der Waals surface area (Å²) in [5.41, 5.74) is 0. The van der Waals surface area contributed by atoms with Crippen LogP contribution < -0.4 is 0 Å². The number of carbonyl (C=O) groups excluding carboxylic acids is 1. The SMILES string of the molecule is CCC(C)COC=CCOC(C)=O. The molecule has 0 aliphatic heterocycles. The molecular formula is C10H18O3. The van der Waals surface area contributed by atoms with Crippen molar-refractivity contribution in [1.82, 2.24) is 0 Å². The monoisotopic (exact) mass is 186 g/mol. The lowest BCUT2D eigenvalue weighted by Gasteiger charge is -2.06. The average Bonchev–Trinajstić information content (AvgIpc) is 2.10. The van der Waals surface area contributed by atoms with Crippen LogP contribution in [0.15, 0.2) is 12.3 Å². The summed E-state index contributed by atoms with van der Waals surface area (Å²) in [6.07, 6.45) is 4.37. The maximum atomic E-state index is 10.3. The van der Waals surface area contributed by atoms with Crippen LogP contribution in [-0.2, 0) is 14.3 Å². The molecule has 0 fully saturated rings. The van der Waals surface area contributed by atoms with Gasteiger partial charge in [-0.25, -0.2) is 0 Å². The molecule has 0 heterocycles. The summed E-state index contributed by atoms with van der Waals surface area (Å²) >= 11 is 0. The molecule has 13 heavy (non-hydrogen) atoms. The topological polar surface area (TPSA) is 35.5 Å². The third-order valence-electron chi connectivity index (χ3n) is 1.65. The minimum atomic E-state index is -0.272. The van der Waals surface area contributed by atoms with Crippen molar-refractivity contribution in [3.63, 3.8) is 0 Å². The van der Waals surface area contributed by atoms with Crippen LogP contribution in [0.3, 0.4) is 0 Å². The second-order valence-corrected chi connectivity index (χ2v) is 3.02. The van der Waals surface area contributed by atoms with E-state index < -0.39 is 0 Å². The van der Waals surface area contributed by atoms with Gasteiger partial charge in [-0.05, 0) is 12.0 Å². The molecule has 0 aliphatic rings. The van der Waals surface area contributed by atoms with Crippen LogP contribution in [-0.4, -0.2) is 19.2 Å². The number of hydrogen-bond donors (Lipinski definition) is 0. The molecule has 0 saturated heterocycles. The van der Waals surface area contributed by atoms with Crippen molar-refractivity contribution in [3.05, 3.63) is 12.3 Å². The lowest BCUT2D eigenvalue weighted by atomic mass is 10.1.